The van der Waals surface area contributed by atoms with Gasteiger partial charge in [0.15, 0.2) is 0 Å². The third kappa shape index (κ3) is 4.44. The topological polar surface area (TPSA) is 35.5 Å². The van der Waals surface area contributed by atoms with Gasteiger partial charge in [0.05, 0.1) is 6.61 Å². The standard InChI is InChI=1S/C16H34N2O/c1-5-11-17-16(13-19)10-7-8-15(16)9-12-18(4)14(3)6-2/h14-15,17,19H,5-13H2,1-4H3. The van der Waals surface area contributed by atoms with Crippen LogP contribution in [0.3, 0.4) is 0 Å². The molecule has 114 valence electrons. The van der Waals surface area contributed by atoms with E-state index in [9.17, 15) is 5.11 Å². The van der Waals surface area contributed by atoms with Gasteiger partial charge < -0.3 is 15.3 Å². The van der Waals surface area contributed by atoms with Crippen LogP contribution in [0.5, 0.6) is 0 Å². The molecule has 19 heavy (non-hydrogen) atoms. The molecule has 0 bridgehead atoms. The minimum atomic E-state index is 0.00625. The van der Waals surface area contributed by atoms with Gasteiger partial charge in [-0.2, -0.15) is 0 Å². The van der Waals surface area contributed by atoms with Crippen LogP contribution >= 0.6 is 0 Å². The molecule has 0 aromatic carbocycles. The minimum Gasteiger partial charge on any atom is -0.394 e. The first-order valence-electron chi connectivity index (χ1n) is 8.15. The van der Waals surface area contributed by atoms with Gasteiger partial charge in [-0.25, -0.2) is 0 Å². The van der Waals surface area contributed by atoms with Crippen molar-refractivity contribution in [2.75, 3.05) is 26.7 Å². The highest BCUT2D eigenvalue weighted by atomic mass is 16.3. The quantitative estimate of drug-likeness (QED) is 0.676. The Labute approximate surface area is 119 Å². The van der Waals surface area contributed by atoms with Gasteiger partial charge in [-0.15, -0.1) is 0 Å². The summed E-state index contributed by atoms with van der Waals surface area (Å²) in [7, 11) is 2.23. The van der Waals surface area contributed by atoms with Crippen molar-refractivity contribution in [2.45, 2.75) is 70.9 Å². The Bertz CT molecular complexity index is 247. The highest BCUT2D eigenvalue weighted by Crippen LogP contribution is 2.37. The predicted molar refractivity (Wildman–Crippen MR) is 82.5 cm³/mol. The number of nitrogens with one attached hydrogen (secondary N) is 1. The molecule has 0 heterocycles. The molecular weight excluding hydrogens is 236 g/mol. The van der Waals surface area contributed by atoms with E-state index < -0.39 is 0 Å². The zero-order valence-electron chi connectivity index (χ0n) is 13.4. The molecular formula is C16H34N2O. The second kappa shape index (κ2) is 8.23. The van der Waals surface area contributed by atoms with E-state index in [4.69, 9.17) is 0 Å². The first-order valence-corrected chi connectivity index (χ1v) is 8.15. The van der Waals surface area contributed by atoms with Gasteiger partial charge in [0.2, 0.25) is 0 Å². The number of hydrogen-bond donors (Lipinski definition) is 2. The van der Waals surface area contributed by atoms with Crippen molar-refractivity contribution in [1.82, 2.24) is 10.2 Å². The van der Waals surface area contributed by atoms with Gasteiger partial charge in [0.25, 0.3) is 0 Å². The maximum atomic E-state index is 9.86. The van der Waals surface area contributed by atoms with Crippen LogP contribution in [0.2, 0.25) is 0 Å². The SMILES string of the molecule is CCCNC1(CO)CCCC1CCN(C)C(C)CC. The number of rotatable bonds is 9. The molecule has 0 aliphatic heterocycles. The minimum absolute atomic E-state index is 0.00625. The van der Waals surface area contributed by atoms with Crippen molar-refractivity contribution in [1.29, 1.82) is 0 Å². The maximum absolute atomic E-state index is 9.86. The molecule has 0 aromatic rings. The lowest BCUT2D eigenvalue weighted by Crippen LogP contribution is -2.52. The van der Waals surface area contributed by atoms with E-state index >= 15 is 0 Å². The van der Waals surface area contributed by atoms with Crippen LogP contribution in [-0.4, -0.2) is 48.3 Å². The average molecular weight is 270 g/mol. The molecule has 1 aliphatic carbocycles. The number of nitrogens with zero attached hydrogens (tertiary/aromatic N) is 1. The van der Waals surface area contributed by atoms with Crippen molar-refractivity contribution in [2.24, 2.45) is 5.92 Å². The third-order valence-electron chi connectivity index (χ3n) is 5.14. The monoisotopic (exact) mass is 270 g/mol. The predicted octanol–water partition coefficient (Wildman–Crippen LogP) is 2.64. The van der Waals surface area contributed by atoms with Gasteiger partial charge in [-0.1, -0.05) is 20.3 Å². The zero-order valence-corrected chi connectivity index (χ0v) is 13.4. The Kier molecular flexibility index (Phi) is 7.33. The molecule has 3 atom stereocenters. The van der Waals surface area contributed by atoms with Crippen LogP contribution < -0.4 is 5.32 Å². The smallest absolute Gasteiger partial charge is 0.0616 e. The molecule has 0 amide bonds. The molecule has 0 radical (unpaired) electrons. The third-order valence-corrected chi connectivity index (χ3v) is 5.14. The summed E-state index contributed by atoms with van der Waals surface area (Å²) in [4.78, 5) is 2.46. The lowest BCUT2D eigenvalue weighted by Gasteiger charge is -2.36. The molecule has 0 aromatic heterocycles. The Morgan fingerprint density at radius 1 is 1.42 bits per heavy atom. The molecule has 3 unspecified atom stereocenters. The van der Waals surface area contributed by atoms with Crippen molar-refractivity contribution >= 4 is 0 Å². The fraction of sp³-hybridized carbons (Fsp3) is 1.00. The first kappa shape index (κ1) is 16.9. The number of hydrogen-bond acceptors (Lipinski definition) is 3. The van der Waals surface area contributed by atoms with Crippen LogP contribution in [0.15, 0.2) is 0 Å². The Hall–Kier alpha value is -0.120. The summed E-state index contributed by atoms with van der Waals surface area (Å²) >= 11 is 0. The molecule has 1 aliphatic rings. The fourth-order valence-electron chi connectivity index (χ4n) is 3.33. The van der Waals surface area contributed by atoms with Crippen molar-refractivity contribution < 1.29 is 5.11 Å². The van der Waals surface area contributed by atoms with E-state index in [0.717, 1.165) is 25.9 Å². The Morgan fingerprint density at radius 2 is 2.16 bits per heavy atom. The Morgan fingerprint density at radius 3 is 2.74 bits per heavy atom. The van der Waals surface area contributed by atoms with Gasteiger partial charge in [-0.3, -0.25) is 0 Å². The molecule has 3 nitrogen and oxygen atoms in total. The normalized spacial score (nSPS) is 29.1. The summed E-state index contributed by atoms with van der Waals surface area (Å²) in [6, 6.07) is 0.661. The van der Waals surface area contributed by atoms with Gasteiger partial charge in [-0.05, 0) is 65.1 Å². The second-order valence-electron chi connectivity index (χ2n) is 6.36. The molecule has 2 N–H and O–H groups in total. The van der Waals surface area contributed by atoms with E-state index in [1.807, 2.05) is 0 Å². The van der Waals surface area contributed by atoms with Gasteiger partial charge in [0, 0.05) is 11.6 Å². The highest BCUT2D eigenvalue weighted by molar-refractivity contribution is 4.99. The average Bonchev–Trinajstić information content (AvgIpc) is 2.85. The highest BCUT2D eigenvalue weighted by Gasteiger charge is 2.41. The van der Waals surface area contributed by atoms with Gasteiger partial charge >= 0.3 is 0 Å². The summed E-state index contributed by atoms with van der Waals surface area (Å²) in [5.74, 6) is 0.635. The molecule has 1 fully saturated rings. The lowest BCUT2D eigenvalue weighted by atomic mass is 9.85. The first-order chi connectivity index (χ1) is 9.09. The molecule has 1 rings (SSSR count). The largest absolute Gasteiger partial charge is 0.394 e. The van der Waals surface area contributed by atoms with E-state index in [1.165, 1.54) is 25.7 Å². The zero-order chi connectivity index (χ0) is 14.3. The van der Waals surface area contributed by atoms with E-state index in [0.29, 0.717) is 18.6 Å². The summed E-state index contributed by atoms with van der Waals surface area (Å²) in [5.41, 5.74) is 0.00625. The Balaban J connectivity index is 2.50. The fourth-order valence-corrected chi connectivity index (χ4v) is 3.33. The van der Waals surface area contributed by atoms with Crippen LogP contribution in [0.1, 0.15) is 59.3 Å². The van der Waals surface area contributed by atoms with Crippen LogP contribution in [0, 0.1) is 5.92 Å². The summed E-state index contributed by atoms with van der Waals surface area (Å²) in [6.45, 7) is 9.21. The maximum Gasteiger partial charge on any atom is 0.0616 e. The summed E-state index contributed by atoms with van der Waals surface area (Å²) in [6.07, 6.45) is 7.22. The molecule has 1 saturated carbocycles. The van der Waals surface area contributed by atoms with Crippen molar-refractivity contribution in [3.63, 3.8) is 0 Å². The lowest BCUT2D eigenvalue weighted by molar-refractivity contribution is 0.110. The van der Waals surface area contributed by atoms with Crippen LogP contribution in [0.4, 0.5) is 0 Å². The number of aliphatic hydroxyl groups excluding tert-OH is 1. The van der Waals surface area contributed by atoms with E-state index in [1.54, 1.807) is 0 Å². The molecule has 0 spiro atoms. The van der Waals surface area contributed by atoms with Crippen molar-refractivity contribution in [3.8, 4) is 0 Å². The van der Waals surface area contributed by atoms with E-state index in [2.05, 4.69) is 38.0 Å². The second-order valence-corrected chi connectivity index (χ2v) is 6.36. The summed E-state index contributed by atoms with van der Waals surface area (Å²) < 4.78 is 0. The summed E-state index contributed by atoms with van der Waals surface area (Å²) in [5, 5.41) is 13.5. The molecule has 3 heteroatoms. The van der Waals surface area contributed by atoms with Gasteiger partial charge in [0.1, 0.15) is 0 Å². The van der Waals surface area contributed by atoms with Crippen LogP contribution in [-0.2, 0) is 0 Å². The van der Waals surface area contributed by atoms with E-state index in [-0.39, 0.29) is 5.54 Å². The van der Waals surface area contributed by atoms with Crippen LogP contribution in [0.25, 0.3) is 0 Å². The number of aliphatic hydroxyl groups is 1. The molecule has 0 saturated heterocycles. The van der Waals surface area contributed by atoms with Crippen molar-refractivity contribution in [3.05, 3.63) is 0 Å².